The number of rotatable bonds is 2. The monoisotopic (exact) mass is 280 g/mol. The first kappa shape index (κ1) is 11.4. The quantitative estimate of drug-likeness (QED) is 0.918. The predicted octanol–water partition coefficient (Wildman–Crippen LogP) is 2.44. The van der Waals surface area contributed by atoms with Crippen LogP contribution in [0.1, 0.15) is 18.2 Å². The van der Waals surface area contributed by atoms with Crippen molar-refractivity contribution in [2.45, 2.75) is 12.5 Å². The van der Waals surface area contributed by atoms with E-state index in [-0.39, 0.29) is 0 Å². The highest BCUT2D eigenvalue weighted by molar-refractivity contribution is 9.10. The van der Waals surface area contributed by atoms with Crippen molar-refractivity contribution < 1.29 is 5.11 Å². The highest BCUT2D eigenvalue weighted by Crippen LogP contribution is 2.32. The third kappa shape index (κ3) is 1.90. The molecule has 0 saturated heterocycles. The first-order valence-electron chi connectivity index (χ1n) is 4.99. The topological polar surface area (TPSA) is 38.0 Å². The van der Waals surface area contributed by atoms with Crippen molar-refractivity contribution in [1.29, 1.82) is 0 Å². The van der Waals surface area contributed by atoms with Crippen LogP contribution in [0.2, 0.25) is 0 Å². The van der Waals surface area contributed by atoms with Gasteiger partial charge in [0.2, 0.25) is 0 Å². The molecule has 0 spiro atoms. The molecule has 1 aromatic heterocycles. The van der Waals surface area contributed by atoms with Gasteiger partial charge in [-0.2, -0.15) is 5.10 Å². The van der Waals surface area contributed by atoms with Crippen molar-refractivity contribution in [3.8, 4) is 0 Å². The molecular weight excluding hydrogens is 268 g/mol. The van der Waals surface area contributed by atoms with E-state index in [4.69, 9.17) is 0 Å². The van der Waals surface area contributed by atoms with Crippen LogP contribution >= 0.6 is 15.9 Å². The van der Waals surface area contributed by atoms with Gasteiger partial charge in [-0.15, -0.1) is 0 Å². The second kappa shape index (κ2) is 4.03. The summed E-state index contributed by atoms with van der Waals surface area (Å²) in [5.74, 6) is 0. The minimum atomic E-state index is -1.08. The summed E-state index contributed by atoms with van der Waals surface area (Å²) in [5, 5.41) is 14.8. The van der Waals surface area contributed by atoms with Crippen LogP contribution in [0.25, 0.3) is 0 Å². The largest absolute Gasteiger partial charge is 0.379 e. The lowest BCUT2D eigenvalue weighted by atomic mass is 9.93. The number of aryl methyl sites for hydroxylation is 1. The smallest absolute Gasteiger partial charge is 0.132 e. The minimum absolute atomic E-state index is 0.641. The van der Waals surface area contributed by atoms with Gasteiger partial charge in [0, 0.05) is 23.3 Å². The van der Waals surface area contributed by atoms with Gasteiger partial charge in [-0.05, 0) is 19.1 Å². The van der Waals surface area contributed by atoms with Crippen molar-refractivity contribution in [1.82, 2.24) is 9.78 Å². The first-order chi connectivity index (χ1) is 7.51. The molecule has 16 heavy (non-hydrogen) atoms. The predicted molar refractivity (Wildman–Crippen MR) is 66.0 cm³/mol. The van der Waals surface area contributed by atoms with Crippen LogP contribution in [0.3, 0.4) is 0 Å². The number of aromatic nitrogens is 2. The summed E-state index contributed by atoms with van der Waals surface area (Å²) in [6, 6.07) is 9.44. The van der Waals surface area contributed by atoms with Gasteiger partial charge in [0.1, 0.15) is 5.60 Å². The van der Waals surface area contributed by atoms with Crippen LogP contribution < -0.4 is 0 Å². The van der Waals surface area contributed by atoms with E-state index in [1.807, 2.05) is 43.6 Å². The number of aliphatic hydroxyl groups is 1. The number of halogens is 1. The molecule has 0 aliphatic rings. The Morgan fingerprint density at radius 2 is 2.00 bits per heavy atom. The molecule has 0 fully saturated rings. The fourth-order valence-corrected chi connectivity index (χ4v) is 2.34. The Bertz CT molecular complexity index is 505. The van der Waals surface area contributed by atoms with Gasteiger partial charge in [-0.3, -0.25) is 4.68 Å². The first-order valence-corrected chi connectivity index (χ1v) is 5.78. The molecule has 3 nitrogen and oxygen atoms in total. The van der Waals surface area contributed by atoms with E-state index in [1.165, 1.54) is 0 Å². The van der Waals surface area contributed by atoms with E-state index in [9.17, 15) is 5.11 Å². The van der Waals surface area contributed by atoms with Crippen LogP contribution in [0.15, 0.2) is 41.0 Å². The van der Waals surface area contributed by atoms with Crippen LogP contribution in [-0.4, -0.2) is 14.9 Å². The van der Waals surface area contributed by atoms with Crippen molar-refractivity contribution in [2.24, 2.45) is 7.05 Å². The molecule has 4 heteroatoms. The summed E-state index contributed by atoms with van der Waals surface area (Å²) < 4.78 is 2.56. The Labute approximate surface area is 103 Å². The zero-order valence-electron chi connectivity index (χ0n) is 9.18. The lowest BCUT2D eigenvalue weighted by molar-refractivity contribution is 0.0959. The number of nitrogens with zero attached hydrogens (tertiary/aromatic N) is 2. The maximum absolute atomic E-state index is 10.5. The second-order valence-electron chi connectivity index (χ2n) is 3.93. The molecule has 84 valence electrons. The maximum atomic E-state index is 10.5. The highest BCUT2D eigenvalue weighted by Gasteiger charge is 2.29. The van der Waals surface area contributed by atoms with E-state index >= 15 is 0 Å². The van der Waals surface area contributed by atoms with Crippen LogP contribution in [-0.2, 0) is 12.6 Å². The van der Waals surface area contributed by atoms with Crippen molar-refractivity contribution >= 4 is 15.9 Å². The van der Waals surface area contributed by atoms with Gasteiger partial charge in [0.25, 0.3) is 0 Å². The van der Waals surface area contributed by atoms with E-state index in [1.54, 1.807) is 11.6 Å². The van der Waals surface area contributed by atoms with Crippen molar-refractivity contribution in [2.75, 3.05) is 0 Å². The summed E-state index contributed by atoms with van der Waals surface area (Å²) in [5.41, 5.74) is 0.372. The van der Waals surface area contributed by atoms with Gasteiger partial charge in [-0.25, -0.2) is 0 Å². The van der Waals surface area contributed by atoms with Crippen LogP contribution in [0.5, 0.6) is 0 Å². The zero-order chi connectivity index (χ0) is 11.8. The molecule has 0 aliphatic heterocycles. The summed E-state index contributed by atoms with van der Waals surface area (Å²) >= 11 is 3.44. The third-order valence-corrected chi connectivity index (χ3v) is 3.30. The van der Waals surface area contributed by atoms with Crippen molar-refractivity contribution in [3.05, 3.63) is 52.3 Å². The summed E-state index contributed by atoms with van der Waals surface area (Å²) in [7, 11) is 1.83. The Morgan fingerprint density at radius 3 is 2.56 bits per heavy atom. The van der Waals surface area contributed by atoms with Gasteiger partial charge in [-0.1, -0.05) is 34.1 Å². The summed E-state index contributed by atoms with van der Waals surface area (Å²) in [6.45, 7) is 1.75. The second-order valence-corrected chi connectivity index (χ2v) is 4.78. The van der Waals surface area contributed by atoms with Gasteiger partial charge in [0.15, 0.2) is 0 Å². The molecule has 2 aromatic rings. The van der Waals surface area contributed by atoms with Crippen molar-refractivity contribution in [3.63, 3.8) is 0 Å². The SMILES string of the molecule is Cn1ccc(C(C)(O)c2ccccc2Br)n1. The average molecular weight is 281 g/mol. The summed E-state index contributed by atoms with van der Waals surface area (Å²) in [6.07, 6.45) is 1.82. The fourth-order valence-electron chi connectivity index (χ4n) is 1.67. The minimum Gasteiger partial charge on any atom is -0.379 e. The normalized spacial score (nSPS) is 14.8. The van der Waals surface area contributed by atoms with E-state index in [0.717, 1.165) is 10.0 Å². The average Bonchev–Trinajstić information content (AvgIpc) is 2.66. The van der Waals surface area contributed by atoms with Gasteiger partial charge in [0.05, 0.1) is 5.69 Å². The molecule has 1 unspecified atom stereocenters. The molecule has 2 rings (SSSR count). The zero-order valence-corrected chi connectivity index (χ0v) is 10.8. The molecule has 1 atom stereocenters. The number of benzene rings is 1. The van der Waals surface area contributed by atoms with E-state index in [2.05, 4.69) is 21.0 Å². The van der Waals surface area contributed by atoms with Gasteiger partial charge < -0.3 is 5.11 Å². The Kier molecular flexibility index (Phi) is 2.86. The lowest BCUT2D eigenvalue weighted by Gasteiger charge is -2.22. The highest BCUT2D eigenvalue weighted by atomic mass is 79.9. The van der Waals surface area contributed by atoms with Gasteiger partial charge >= 0.3 is 0 Å². The van der Waals surface area contributed by atoms with E-state index < -0.39 is 5.60 Å². The number of hydrogen-bond acceptors (Lipinski definition) is 2. The molecule has 1 N–H and O–H groups in total. The third-order valence-electron chi connectivity index (χ3n) is 2.61. The van der Waals surface area contributed by atoms with E-state index in [0.29, 0.717) is 5.69 Å². The molecule has 0 radical (unpaired) electrons. The Morgan fingerprint density at radius 1 is 1.31 bits per heavy atom. The number of hydrogen-bond donors (Lipinski definition) is 1. The maximum Gasteiger partial charge on any atom is 0.132 e. The molecule has 0 saturated carbocycles. The molecule has 1 aromatic carbocycles. The van der Waals surface area contributed by atoms with Crippen LogP contribution in [0.4, 0.5) is 0 Å². The van der Waals surface area contributed by atoms with Crippen LogP contribution in [0, 0.1) is 0 Å². The lowest BCUT2D eigenvalue weighted by Crippen LogP contribution is -2.24. The molecule has 0 aliphatic carbocycles. The fraction of sp³-hybridized carbons (Fsp3) is 0.250. The Hall–Kier alpha value is -1.13. The standard InChI is InChI=1S/C12H13BrN2O/c1-12(16,11-7-8-15(2)14-11)9-5-3-4-6-10(9)13/h3-8,16H,1-2H3. The molecule has 0 bridgehead atoms. The molecule has 0 amide bonds. The molecular formula is C12H13BrN2O. The Balaban J connectivity index is 2.50. The summed E-state index contributed by atoms with van der Waals surface area (Å²) in [4.78, 5) is 0. The molecule has 1 heterocycles.